The predicted octanol–water partition coefficient (Wildman–Crippen LogP) is 5.50. The van der Waals surface area contributed by atoms with Crippen molar-refractivity contribution in [3.05, 3.63) is 99.5 Å². The first-order valence-electron chi connectivity index (χ1n) is 10.3. The van der Waals surface area contributed by atoms with Crippen molar-refractivity contribution < 1.29 is 18.7 Å². The van der Waals surface area contributed by atoms with E-state index in [0.29, 0.717) is 22.0 Å². The van der Waals surface area contributed by atoms with Crippen LogP contribution in [0.25, 0.3) is 5.57 Å². The average Bonchev–Trinajstić information content (AvgIpc) is 3.00. The number of nitrogens with one attached hydrogen (secondary N) is 1. The molecule has 5 nitrogen and oxygen atoms in total. The molecule has 0 bridgehead atoms. The third-order valence-electron chi connectivity index (χ3n) is 5.53. The summed E-state index contributed by atoms with van der Waals surface area (Å²) in [4.78, 5) is 28.0. The van der Waals surface area contributed by atoms with Crippen LogP contribution in [-0.2, 0) is 16.1 Å². The van der Waals surface area contributed by atoms with Crippen molar-refractivity contribution in [2.45, 2.75) is 20.4 Å². The van der Waals surface area contributed by atoms with Gasteiger partial charge in [-0.2, -0.15) is 0 Å². The van der Waals surface area contributed by atoms with Gasteiger partial charge in [-0.1, -0.05) is 53.6 Å². The monoisotopic (exact) mass is 464 g/mol. The molecule has 3 aromatic carbocycles. The van der Waals surface area contributed by atoms with Crippen LogP contribution in [0.2, 0.25) is 5.02 Å². The van der Waals surface area contributed by atoms with Gasteiger partial charge in [0, 0.05) is 10.6 Å². The van der Waals surface area contributed by atoms with Crippen molar-refractivity contribution in [2.24, 2.45) is 0 Å². The van der Waals surface area contributed by atoms with Crippen molar-refractivity contribution in [2.75, 3.05) is 12.4 Å². The lowest BCUT2D eigenvalue weighted by atomic mass is 9.97. The standard InChI is InChI=1S/C26H22ClFN2O3/c1-15-8-10-19(16(2)12-15)23-24(29-21-13-18(27)9-11-22(21)33-3)26(32)30(25(23)31)14-17-6-4-5-7-20(17)28/h4-13,29H,14H2,1-3H3. The van der Waals surface area contributed by atoms with Gasteiger partial charge in [0.2, 0.25) is 0 Å². The first-order valence-corrected chi connectivity index (χ1v) is 10.7. The van der Waals surface area contributed by atoms with Gasteiger partial charge in [-0.15, -0.1) is 0 Å². The third-order valence-corrected chi connectivity index (χ3v) is 5.76. The highest BCUT2D eigenvalue weighted by molar-refractivity contribution is 6.37. The number of carbonyl (C=O) groups excluding carboxylic acids is 2. The summed E-state index contributed by atoms with van der Waals surface area (Å²) < 4.78 is 19.7. The van der Waals surface area contributed by atoms with Gasteiger partial charge in [0.05, 0.1) is 24.9 Å². The van der Waals surface area contributed by atoms with Gasteiger partial charge in [-0.05, 0) is 49.2 Å². The molecule has 4 rings (SSSR count). The zero-order chi connectivity index (χ0) is 23.7. The van der Waals surface area contributed by atoms with Gasteiger partial charge in [0.1, 0.15) is 17.3 Å². The number of halogens is 2. The first-order chi connectivity index (χ1) is 15.8. The Bertz CT molecular complexity index is 1300. The summed E-state index contributed by atoms with van der Waals surface area (Å²) in [5.41, 5.74) is 3.49. The summed E-state index contributed by atoms with van der Waals surface area (Å²) >= 11 is 6.16. The van der Waals surface area contributed by atoms with E-state index in [4.69, 9.17) is 16.3 Å². The minimum atomic E-state index is -0.555. The predicted molar refractivity (Wildman–Crippen MR) is 126 cm³/mol. The van der Waals surface area contributed by atoms with Crippen molar-refractivity contribution in [3.8, 4) is 5.75 Å². The SMILES string of the molecule is COc1ccc(Cl)cc1NC1=C(c2ccc(C)cc2C)C(=O)N(Cc2ccccc2F)C1=O. The van der Waals surface area contributed by atoms with Crippen LogP contribution in [0.15, 0.2) is 66.4 Å². The van der Waals surface area contributed by atoms with E-state index < -0.39 is 17.6 Å². The number of imide groups is 1. The number of aryl methyl sites for hydroxylation is 2. The molecule has 0 saturated carbocycles. The van der Waals surface area contributed by atoms with E-state index in [9.17, 15) is 14.0 Å². The van der Waals surface area contributed by atoms with Gasteiger partial charge in [0.15, 0.2) is 0 Å². The molecule has 0 spiro atoms. The molecule has 0 atom stereocenters. The van der Waals surface area contributed by atoms with Gasteiger partial charge < -0.3 is 10.1 Å². The highest BCUT2D eigenvalue weighted by Crippen LogP contribution is 2.36. The molecule has 2 amide bonds. The molecule has 168 valence electrons. The summed E-state index contributed by atoms with van der Waals surface area (Å²) in [5, 5.41) is 3.50. The topological polar surface area (TPSA) is 58.6 Å². The molecule has 1 N–H and O–H groups in total. The Morgan fingerprint density at radius 2 is 1.76 bits per heavy atom. The van der Waals surface area contributed by atoms with Crippen LogP contribution < -0.4 is 10.1 Å². The molecule has 0 aliphatic carbocycles. The van der Waals surface area contributed by atoms with Crippen molar-refractivity contribution in [1.82, 2.24) is 4.90 Å². The van der Waals surface area contributed by atoms with Crippen LogP contribution in [0.5, 0.6) is 5.75 Å². The van der Waals surface area contributed by atoms with E-state index in [1.54, 1.807) is 36.4 Å². The number of anilines is 1. The van der Waals surface area contributed by atoms with Gasteiger partial charge in [-0.3, -0.25) is 14.5 Å². The Balaban J connectivity index is 1.83. The maximum absolute atomic E-state index is 14.3. The highest BCUT2D eigenvalue weighted by Gasteiger charge is 2.40. The fourth-order valence-corrected chi connectivity index (χ4v) is 4.06. The van der Waals surface area contributed by atoms with Crippen LogP contribution in [0.4, 0.5) is 10.1 Å². The highest BCUT2D eigenvalue weighted by atomic mass is 35.5. The lowest BCUT2D eigenvalue weighted by molar-refractivity contribution is -0.137. The Morgan fingerprint density at radius 1 is 1.00 bits per heavy atom. The summed E-state index contributed by atoms with van der Waals surface area (Å²) in [5.74, 6) is -1.08. The Labute approximate surface area is 196 Å². The second-order valence-corrected chi connectivity index (χ2v) is 8.26. The normalized spacial score (nSPS) is 13.7. The number of hydrogen-bond donors (Lipinski definition) is 1. The van der Waals surface area contributed by atoms with Crippen LogP contribution >= 0.6 is 11.6 Å². The molecule has 0 radical (unpaired) electrons. The summed E-state index contributed by atoms with van der Waals surface area (Å²) in [6, 6.07) is 16.7. The zero-order valence-electron chi connectivity index (χ0n) is 18.4. The lowest BCUT2D eigenvalue weighted by Gasteiger charge is -2.16. The second kappa shape index (κ2) is 9.08. The molecular formula is C26H22ClFN2O3. The number of benzene rings is 3. The van der Waals surface area contributed by atoms with Crippen LogP contribution in [0, 0.1) is 19.7 Å². The number of rotatable bonds is 6. The molecule has 0 unspecified atom stereocenters. The quantitative estimate of drug-likeness (QED) is 0.489. The molecule has 1 aliphatic rings. The lowest BCUT2D eigenvalue weighted by Crippen LogP contribution is -2.32. The number of carbonyl (C=O) groups is 2. The molecular weight excluding hydrogens is 443 g/mol. The van der Waals surface area contributed by atoms with Crippen LogP contribution in [0.1, 0.15) is 22.3 Å². The zero-order valence-corrected chi connectivity index (χ0v) is 19.2. The summed E-state index contributed by atoms with van der Waals surface area (Å²) in [6.45, 7) is 3.65. The smallest absolute Gasteiger partial charge is 0.278 e. The minimum absolute atomic E-state index is 0.0869. The maximum atomic E-state index is 14.3. The molecule has 1 heterocycles. The molecule has 33 heavy (non-hydrogen) atoms. The Hall–Kier alpha value is -3.64. The molecule has 7 heteroatoms. The van der Waals surface area contributed by atoms with Crippen molar-refractivity contribution in [3.63, 3.8) is 0 Å². The van der Waals surface area contributed by atoms with E-state index in [0.717, 1.165) is 16.0 Å². The van der Waals surface area contributed by atoms with Gasteiger partial charge in [0.25, 0.3) is 11.8 Å². The number of ether oxygens (including phenoxy) is 1. The maximum Gasteiger partial charge on any atom is 0.278 e. The molecule has 3 aromatic rings. The molecule has 1 aliphatic heterocycles. The first kappa shape index (κ1) is 22.6. The number of nitrogens with zero attached hydrogens (tertiary/aromatic N) is 1. The fourth-order valence-electron chi connectivity index (χ4n) is 3.89. The van der Waals surface area contributed by atoms with E-state index in [1.165, 1.54) is 13.2 Å². The number of amides is 2. The van der Waals surface area contributed by atoms with Crippen LogP contribution in [-0.4, -0.2) is 23.8 Å². The average molecular weight is 465 g/mol. The molecule has 0 aromatic heterocycles. The largest absolute Gasteiger partial charge is 0.495 e. The van der Waals surface area contributed by atoms with E-state index >= 15 is 0 Å². The molecule has 0 saturated heterocycles. The number of methoxy groups -OCH3 is 1. The van der Waals surface area contributed by atoms with E-state index in [2.05, 4.69) is 5.32 Å². The van der Waals surface area contributed by atoms with Gasteiger partial charge in [-0.25, -0.2) is 4.39 Å². The minimum Gasteiger partial charge on any atom is -0.495 e. The van der Waals surface area contributed by atoms with Gasteiger partial charge >= 0.3 is 0 Å². The van der Waals surface area contributed by atoms with Crippen molar-refractivity contribution >= 4 is 34.7 Å². The number of hydrogen-bond acceptors (Lipinski definition) is 4. The Kier molecular flexibility index (Phi) is 6.20. The fraction of sp³-hybridized carbons (Fsp3) is 0.154. The van der Waals surface area contributed by atoms with Crippen LogP contribution in [0.3, 0.4) is 0 Å². The summed E-state index contributed by atoms with van der Waals surface area (Å²) in [7, 11) is 1.50. The van der Waals surface area contributed by atoms with E-state index in [-0.39, 0.29) is 23.4 Å². The summed E-state index contributed by atoms with van der Waals surface area (Å²) in [6.07, 6.45) is 0. The Morgan fingerprint density at radius 3 is 2.45 bits per heavy atom. The van der Waals surface area contributed by atoms with Crippen molar-refractivity contribution in [1.29, 1.82) is 0 Å². The second-order valence-electron chi connectivity index (χ2n) is 7.83. The third kappa shape index (κ3) is 4.34. The van der Waals surface area contributed by atoms with E-state index in [1.807, 2.05) is 32.0 Å². The molecule has 0 fully saturated rings.